The van der Waals surface area contributed by atoms with Crippen molar-refractivity contribution >= 4 is 35.1 Å². The molecule has 0 aliphatic carbocycles. The van der Waals surface area contributed by atoms with Gasteiger partial charge in [0.2, 0.25) is 5.91 Å². The van der Waals surface area contributed by atoms with Crippen molar-refractivity contribution in [1.29, 1.82) is 0 Å². The summed E-state index contributed by atoms with van der Waals surface area (Å²) in [7, 11) is 0. The molecule has 0 unspecified atom stereocenters. The van der Waals surface area contributed by atoms with Gasteiger partial charge in [0, 0.05) is 16.9 Å². The Kier molecular flexibility index (Phi) is 6.82. The first-order chi connectivity index (χ1) is 12.0. The van der Waals surface area contributed by atoms with Gasteiger partial charge in [0.1, 0.15) is 11.3 Å². The van der Waals surface area contributed by atoms with E-state index >= 15 is 0 Å². The van der Waals surface area contributed by atoms with Crippen LogP contribution in [0.25, 0.3) is 5.76 Å². The van der Waals surface area contributed by atoms with Crippen molar-refractivity contribution < 1.29 is 19.5 Å². The molecule has 1 aromatic carbocycles. The van der Waals surface area contributed by atoms with E-state index in [1.165, 1.54) is 0 Å². The van der Waals surface area contributed by atoms with E-state index in [-0.39, 0.29) is 30.2 Å². The number of Topliss-reactive ketones (excluding diaryl/α,β-unsaturated/α-hetero) is 1. The largest absolute Gasteiger partial charge is 0.506 e. The van der Waals surface area contributed by atoms with E-state index in [9.17, 15) is 19.5 Å². The Balaban J connectivity index is 2.14. The molecule has 0 saturated carbocycles. The molecule has 1 aromatic rings. The number of aliphatic hydroxyl groups excluding tert-OH is 1. The molecule has 0 radical (unpaired) electrons. The lowest BCUT2D eigenvalue weighted by molar-refractivity contribution is -0.141. The molecule has 1 aliphatic rings. The second-order valence-electron chi connectivity index (χ2n) is 5.97. The van der Waals surface area contributed by atoms with E-state index in [1.807, 2.05) is 6.26 Å². The van der Waals surface area contributed by atoms with E-state index in [0.717, 1.165) is 29.1 Å². The van der Waals surface area contributed by atoms with Gasteiger partial charge >= 0.3 is 0 Å². The number of likely N-dealkylation sites (tertiary alicyclic amines) is 1. The zero-order valence-electron chi connectivity index (χ0n) is 14.6. The van der Waals surface area contributed by atoms with Crippen LogP contribution >= 0.6 is 11.8 Å². The van der Waals surface area contributed by atoms with E-state index in [2.05, 4.69) is 6.92 Å². The van der Waals surface area contributed by atoms with Crippen LogP contribution in [0.1, 0.15) is 44.6 Å². The molecule has 25 heavy (non-hydrogen) atoms. The molecule has 2 amide bonds. The molecule has 0 bridgehead atoms. The number of carbonyl (C=O) groups is 3. The molecule has 1 saturated heterocycles. The Morgan fingerprint density at radius 3 is 2.44 bits per heavy atom. The molecule has 1 fully saturated rings. The number of hydrogen-bond donors (Lipinski definition) is 1. The molecular weight excluding hydrogens is 338 g/mol. The van der Waals surface area contributed by atoms with Gasteiger partial charge in [0.05, 0.1) is 6.54 Å². The number of imide groups is 1. The fourth-order valence-electron chi connectivity index (χ4n) is 2.71. The van der Waals surface area contributed by atoms with E-state index < -0.39 is 11.7 Å². The topological polar surface area (TPSA) is 74.7 Å². The van der Waals surface area contributed by atoms with Gasteiger partial charge in [-0.15, -0.1) is 11.8 Å². The summed E-state index contributed by atoms with van der Waals surface area (Å²) in [6.45, 7) is 1.80. The molecule has 0 spiro atoms. The number of aliphatic hydroxyl groups is 1. The van der Waals surface area contributed by atoms with Crippen LogP contribution in [0.3, 0.4) is 0 Å². The van der Waals surface area contributed by atoms with E-state index in [1.54, 1.807) is 36.0 Å². The smallest absolute Gasteiger partial charge is 0.268 e. The van der Waals surface area contributed by atoms with Gasteiger partial charge in [-0.05, 0) is 24.8 Å². The third kappa shape index (κ3) is 4.51. The number of benzene rings is 1. The van der Waals surface area contributed by atoms with Crippen LogP contribution in [-0.2, 0) is 14.4 Å². The normalized spacial score (nSPS) is 16.5. The monoisotopic (exact) mass is 361 g/mol. The van der Waals surface area contributed by atoms with Gasteiger partial charge in [-0.25, -0.2) is 0 Å². The molecular formula is C19H23NO4S. The summed E-state index contributed by atoms with van der Waals surface area (Å²) in [5, 5.41) is 10.4. The lowest BCUT2D eigenvalue weighted by atomic mass is 10.1. The first kappa shape index (κ1) is 19.2. The van der Waals surface area contributed by atoms with Crippen molar-refractivity contribution in [2.75, 3.05) is 12.8 Å². The number of thioether (sulfide) groups is 1. The van der Waals surface area contributed by atoms with Gasteiger partial charge < -0.3 is 5.11 Å². The average molecular weight is 361 g/mol. The second kappa shape index (κ2) is 8.85. The fourth-order valence-corrected chi connectivity index (χ4v) is 3.12. The highest BCUT2D eigenvalue weighted by Crippen LogP contribution is 2.25. The van der Waals surface area contributed by atoms with Crippen LogP contribution < -0.4 is 0 Å². The number of ketones is 1. The summed E-state index contributed by atoms with van der Waals surface area (Å²) < 4.78 is 0. The van der Waals surface area contributed by atoms with Gasteiger partial charge in [-0.2, -0.15) is 0 Å². The maximum Gasteiger partial charge on any atom is 0.268 e. The van der Waals surface area contributed by atoms with Crippen LogP contribution in [0.2, 0.25) is 0 Å². The van der Waals surface area contributed by atoms with Crippen molar-refractivity contribution in [3.63, 3.8) is 0 Å². The summed E-state index contributed by atoms with van der Waals surface area (Å²) in [4.78, 5) is 38.8. The molecule has 1 aliphatic heterocycles. The molecule has 0 atom stereocenters. The minimum absolute atomic E-state index is 0.246. The number of amides is 2. The predicted octanol–water partition coefficient (Wildman–Crippen LogP) is 3.59. The van der Waals surface area contributed by atoms with Gasteiger partial charge in [0.15, 0.2) is 5.78 Å². The SMILES string of the molecule is CCCCCCC(=O)N1CC(=O)/C(=C(/O)c2ccc(SC)cc2)C1=O. The van der Waals surface area contributed by atoms with Crippen LogP contribution in [0.5, 0.6) is 0 Å². The van der Waals surface area contributed by atoms with Crippen molar-refractivity contribution in [3.05, 3.63) is 35.4 Å². The van der Waals surface area contributed by atoms with Crippen molar-refractivity contribution in [1.82, 2.24) is 4.90 Å². The van der Waals surface area contributed by atoms with Crippen LogP contribution in [0.15, 0.2) is 34.7 Å². The molecule has 6 heteroatoms. The standard InChI is InChI=1S/C19H23NO4S/c1-3-4-5-6-7-16(22)20-12-15(21)17(19(20)24)18(23)13-8-10-14(25-2)11-9-13/h8-11,23H,3-7,12H2,1-2H3/b18-17-. The van der Waals surface area contributed by atoms with E-state index in [4.69, 9.17) is 0 Å². The first-order valence-corrected chi connectivity index (χ1v) is 9.67. The second-order valence-corrected chi connectivity index (χ2v) is 6.85. The van der Waals surface area contributed by atoms with Crippen LogP contribution in [0.4, 0.5) is 0 Å². The maximum absolute atomic E-state index is 12.4. The van der Waals surface area contributed by atoms with Crippen LogP contribution in [0, 0.1) is 0 Å². The minimum Gasteiger partial charge on any atom is -0.506 e. The summed E-state index contributed by atoms with van der Waals surface area (Å²) in [5.74, 6) is -1.92. The third-order valence-corrected chi connectivity index (χ3v) is 4.93. The Morgan fingerprint density at radius 1 is 1.16 bits per heavy atom. The summed E-state index contributed by atoms with van der Waals surface area (Å²) >= 11 is 1.55. The third-order valence-electron chi connectivity index (χ3n) is 4.19. The highest BCUT2D eigenvalue weighted by Gasteiger charge is 2.39. The van der Waals surface area contributed by atoms with Gasteiger partial charge in [0.25, 0.3) is 5.91 Å². The molecule has 134 valence electrons. The van der Waals surface area contributed by atoms with Crippen molar-refractivity contribution in [2.24, 2.45) is 0 Å². The Bertz CT molecular complexity index is 694. The van der Waals surface area contributed by atoms with E-state index in [0.29, 0.717) is 12.0 Å². The zero-order chi connectivity index (χ0) is 18.4. The lowest BCUT2D eigenvalue weighted by Gasteiger charge is -2.12. The quantitative estimate of drug-likeness (QED) is 0.264. The highest BCUT2D eigenvalue weighted by molar-refractivity contribution is 7.98. The lowest BCUT2D eigenvalue weighted by Crippen LogP contribution is -2.32. The Hall–Kier alpha value is -2.08. The fraction of sp³-hybridized carbons (Fsp3) is 0.421. The number of nitrogens with zero attached hydrogens (tertiary/aromatic N) is 1. The van der Waals surface area contributed by atoms with Crippen molar-refractivity contribution in [3.8, 4) is 0 Å². The summed E-state index contributed by atoms with van der Waals surface area (Å²) in [5.41, 5.74) is 0.102. The maximum atomic E-state index is 12.4. The van der Waals surface area contributed by atoms with Crippen LogP contribution in [-0.4, -0.2) is 40.4 Å². The minimum atomic E-state index is -0.697. The number of carbonyl (C=O) groups excluding carboxylic acids is 3. The van der Waals surface area contributed by atoms with Crippen molar-refractivity contribution in [2.45, 2.75) is 43.9 Å². The Morgan fingerprint density at radius 2 is 1.84 bits per heavy atom. The highest BCUT2D eigenvalue weighted by atomic mass is 32.2. The van der Waals surface area contributed by atoms with Gasteiger partial charge in [-0.3, -0.25) is 19.3 Å². The first-order valence-electron chi connectivity index (χ1n) is 8.45. The average Bonchev–Trinajstić information content (AvgIpc) is 2.92. The molecule has 1 heterocycles. The number of rotatable bonds is 7. The van der Waals surface area contributed by atoms with Gasteiger partial charge in [-0.1, -0.05) is 38.3 Å². The number of unbranched alkanes of at least 4 members (excludes halogenated alkanes) is 3. The molecule has 2 rings (SSSR count). The summed E-state index contributed by atoms with van der Waals surface area (Å²) in [6, 6.07) is 6.92. The number of hydrogen-bond acceptors (Lipinski definition) is 5. The molecule has 1 N–H and O–H groups in total. The predicted molar refractivity (Wildman–Crippen MR) is 98.3 cm³/mol. The summed E-state index contributed by atoms with van der Waals surface area (Å²) in [6.07, 6.45) is 5.90. The Labute approximate surface area is 152 Å². The molecule has 5 nitrogen and oxygen atoms in total. The zero-order valence-corrected chi connectivity index (χ0v) is 15.4. The molecule has 0 aromatic heterocycles.